The van der Waals surface area contributed by atoms with Gasteiger partial charge < -0.3 is 15.0 Å². The maximum absolute atomic E-state index is 12.7. The van der Waals surface area contributed by atoms with Gasteiger partial charge in [0.05, 0.1) is 5.92 Å². The van der Waals surface area contributed by atoms with Gasteiger partial charge in [0, 0.05) is 32.2 Å². The molecule has 0 bridgehead atoms. The molecule has 2 unspecified atom stereocenters. The predicted octanol–water partition coefficient (Wildman–Crippen LogP) is 3.93. The standard InChI is InChI=1S/C24H37N3O3/c1-18-9-7-8-13-26(18)16-20-11-6-5-10-19(20)15-25-22(28)21-12-14-27(17-21)23(29)30-24(2,3)4/h5-6,10-11,18,21H,7-9,12-17H2,1-4H3,(H,25,28). The smallest absolute Gasteiger partial charge is 0.410 e. The van der Waals surface area contributed by atoms with Crippen LogP contribution in [0.15, 0.2) is 24.3 Å². The van der Waals surface area contributed by atoms with Crippen molar-refractivity contribution in [2.45, 2.75) is 78.1 Å². The van der Waals surface area contributed by atoms with E-state index in [1.807, 2.05) is 26.8 Å². The summed E-state index contributed by atoms with van der Waals surface area (Å²) in [5.41, 5.74) is 1.94. The molecule has 166 valence electrons. The molecule has 2 heterocycles. The Morgan fingerprint density at radius 1 is 1.10 bits per heavy atom. The Labute approximate surface area is 180 Å². The van der Waals surface area contributed by atoms with Crippen LogP contribution in [0.1, 0.15) is 64.5 Å². The summed E-state index contributed by atoms with van der Waals surface area (Å²) in [6.45, 7) is 11.5. The second-order valence-electron chi connectivity index (χ2n) is 9.71. The number of piperidine rings is 1. The van der Waals surface area contributed by atoms with Crippen molar-refractivity contribution in [3.8, 4) is 0 Å². The van der Waals surface area contributed by atoms with Crippen molar-refractivity contribution in [1.82, 2.24) is 15.1 Å². The van der Waals surface area contributed by atoms with Gasteiger partial charge in [-0.05, 0) is 64.6 Å². The van der Waals surface area contributed by atoms with Gasteiger partial charge >= 0.3 is 6.09 Å². The number of nitrogens with one attached hydrogen (secondary N) is 1. The third-order valence-electron chi connectivity index (χ3n) is 6.10. The fourth-order valence-electron chi connectivity index (χ4n) is 4.29. The molecule has 2 fully saturated rings. The van der Waals surface area contributed by atoms with E-state index in [2.05, 4.69) is 35.3 Å². The molecule has 1 aromatic rings. The number of amides is 2. The lowest BCUT2D eigenvalue weighted by molar-refractivity contribution is -0.124. The number of hydrogen-bond acceptors (Lipinski definition) is 4. The Morgan fingerprint density at radius 3 is 2.53 bits per heavy atom. The first kappa shape index (κ1) is 22.6. The van der Waals surface area contributed by atoms with E-state index in [1.165, 1.54) is 30.4 Å². The van der Waals surface area contributed by atoms with Crippen molar-refractivity contribution in [1.29, 1.82) is 0 Å². The molecule has 2 amide bonds. The lowest BCUT2D eigenvalue weighted by Gasteiger charge is -2.33. The summed E-state index contributed by atoms with van der Waals surface area (Å²) >= 11 is 0. The third kappa shape index (κ3) is 6.21. The monoisotopic (exact) mass is 415 g/mol. The number of benzene rings is 1. The average molecular weight is 416 g/mol. The highest BCUT2D eigenvalue weighted by Gasteiger charge is 2.33. The largest absolute Gasteiger partial charge is 0.444 e. The fraction of sp³-hybridized carbons (Fsp3) is 0.667. The summed E-state index contributed by atoms with van der Waals surface area (Å²) in [5, 5.41) is 3.10. The van der Waals surface area contributed by atoms with Gasteiger partial charge in [-0.25, -0.2) is 4.79 Å². The Kier molecular flexibility index (Phi) is 7.40. The zero-order chi connectivity index (χ0) is 21.7. The molecule has 1 N–H and O–H groups in total. The highest BCUT2D eigenvalue weighted by atomic mass is 16.6. The summed E-state index contributed by atoms with van der Waals surface area (Å²) < 4.78 is 5.43. The lowest BCUT2D eigenvalue weighted by Crippen LogP contribution is -2.38. The Bertz CT molecular complexity index is 743. The molecular weight excluding hydrogens is 378 g/mol. The van der Waals surface area contributed by atoms with E-state index in [9.17, 15) is 9.59 Å². The van der Waals surface area contributed by atoms with E-state index in [1.54, 1.807) is 4.90 Å². The molecule has 0 spiro atoms. The molecule has 2 atom stereocenters. The quantitative estimate of drug-likeness (QED) is 0.791. The molecule has 0 radical (unpaired) electrons. The summed E-state index contributed by atoms with van der Waals surface area (Å²) in [6, 6.07) is 8.99. The van der Waals surface area contributed by atoms with Crippen molar-refractivity contribution >= 4 is 12.0 Å². The second kappa shape index (κ2) is 9.82. The number of ether oxygens (including phenoxy) is 1. The molecular formula is C24H37N3O3. The minimum Gasteiger partial charge on any atom is -0.444 e. The summed E-state index contributed by atoms with van der Waals surface area (Å²) in [7, 11) is 0. The molecule has 0 aliphatic carbocycles. The molecule has 2 aliphatic rings. The first-order valence-corrected chi connectivity index (χ1v) is 11.3. The van der Waals surface area contributed by atoms with Crippen LogP contribution in [0.3, 0.4) is 0 Å². The van der Waals surface area contributed by atoms with Gasteiger partial charge in [-0.1, -0.05) is 30.7 Å². The fourth-order valence-corrected chi connectivity index (χ4v) is 4.29. The number of carbonyl (C=O) groups is 2. The summed E-state index contributed by atoms with van der Waals surface area (Å²) in [5.74, 6) is -0.158. The number of likely N-dealkylation sites (tertiary alicyclic amines) is 2. The maximum Gasteiger partial charge on any atom is 0.410 e. The third-order valence-corrected chi connectivity index (χ3v) is 6.10. The molecule has 0 aromatic heterocycles. The second-order valence-corrected chi connectivity index (χ2v) is 9.71. The maximum atomic E-state index is 12.7. The van der Waals surface area contributed by atoms with Crippen molar-refractivity contribution in [2.24, 2.45) is 5.92 Å². The van der Waals surface area contributed by atoms with Crippen LogP contribution in [-0.4, -0.2) is 53.1 Å². The van der Waals surface area contributed by atoms with E-state index >= 15 is 0 Å². The normalized spacial score (nSPS) is 22.7. The first-order chi connectivity index (χ1) is 14.2. The Balaban J connectivity index is 1.52. The number of nitrogens with zero attached hydrogens (tertiary/aromatic N) is 2. The van der Waals surface area contributed by atoms with Crippen molar-refractivity contribution in [3.63, 3.8) is 0 Å². The zero-order valence-corrected chi connectivity index (χ0v) is 18.9. The Hall–Kier alpha value is -2.08. The van der Waals surface area contributed by atoms with Crippen LogP contribution in [0.4, 0.5) is 4.79 Å². The van der Waals surface area contributed by atoms with E-state index in [4.69, 9.17) is 4.74 Å². The SMILES string of the molecule is CC1CCCCN1Cc1ccccc1CNC(=O)C1CCN(C(=O)OC(C)(C)C)C1. The molecule has 2 saturated heterocycles. The topological polar surface area (TPSA) is 61.9 Å². The summed E-state index contributed by atoms with van der Waals surface area (Å²) in [4.78, 5) is 29.1. The van der Waals surface area contributed by atoms with E-state index in [-0.39, 0.29) is 17.9 Å². The van der Waals surface area contributed by atoms with E-state index in [0.717, 1.165) is 13.1 Å². The highest BCUT2D eigenvalue weighted by molar-refractivity contribution is 5.80. The van der Waals surface area contributed by atoms with Gasteiger partial charge in [0.1, 0.15) is 5.60 Å². The van der Waals surface area contributed by atoms with Gasteiger partial charge in [0.15, 0.2) is 0 Å². The van der Waals surface area contributed by atoms with Gasteiger partial charge in [0.25, 0.3) is 0 Å². The molecule has 30 heavy (non-hydrogen) atoms. The highest BCUT2D eigenvalue weighted by Crippen LogP contribution is 2.22. The van der Waals surface area contributed by atoms with Crippen LogP contribution in [-0.2, 0) is 22.6 Å². The molecule has 6 nitrogen and oxygen atoms in total. The van der Waals surface area contributed by atoms with Crippen LogP contribution >= 0.6 is 0 Å². The van der Waals surface area contributed by atoms with Gasteiger partial charge in [-0.3, -0.25) is 9.69 Å². The molecule has 6 heteroatoms. The average Bonchev–Trinajstić information content (AvgIpc) is 3.18. The molecule has 0 saturated carbocycles. The molecule has 2 aliphatic heterocycles. The van der Waals surface area contributed by atoms with E-state index < -0.39 is 5.60 Å². The van der Waals surface area contributed by atoms with Gasteiger partial charge in [0.2, 0.25) is 5.91 Å². The minimum absolute atomic E-state index is 0.0159. The Morgan fingerprint density at radius 2 is 1.83 bits per heavy atom. The van der Waals surface area contributed by atoms with Crippen LogP contribution in [0.25, 0.3) is 0 Å². The van der Waals surface area contributed by atoms with Crippen molar-refractivity contribution < 1.29 is 14.3 Å². The number of hydrogen-bond donors (Lipinski definition) is 1. The predicted molar refractivity (Wildman–Crippen MR) is 118 cm³/mol. The zero-order valence-electron chi connectivity index (χ0n) is 18.9. The van der Waals surface area contributed by atoms with Crippen LogP contribution in [0.2, 0.25) is 0 Å². The lowest BCUT2D eigenvalue weighted by atomic mass is 10.0. The van der Waals surface area contributed by atoms with Crippen LogP contribution in [0.5, 0.6) is 0 Å². The van der Waals surface area contributed by atoms with Crippen LogP contribution < -0.4 is 5.32 Å². The molecule has 1 aromatic carbocycles. The summed E-state index contributed by atoms with van der Waals surface area (Å²) in [6.07, 6.45) is 4.18. The minimum atomic E-state index is -0.521. The molecule has 3 rings (SSSR count). The van der Waals surface area contributed by atoms with Gasteiger partial charge in [-0.15, -0.1) is 0 Å². The number of rotatable bonds is 5. The van der Waals surface area contributed by atoms with E-state index in [0.29, 0.717) is 32.1 Å². The first-order valence-electron chi connectivity index (χ1n) is 11.3. The number of carbonyl (C=O) groups excluding carboxylic acids is 2. The van der Waals surface area contributed by atoms with Crippen molar-refractivity contribution in [3.05, 3.63) is 35.4 Å². The van der Waals surface area contributed by atoms with Crippen molar-refractivity contribution in [2.75, 3.05) is 19.6 Å². The van der Waals surface area contributed by atoms with Crippen LogP contribution in [0, 0.1) is 5.92 Å². The van der Waals surface area contributed by atoms with Gasteiger partial charge in [-0.2, -0.15) is 0 Å².